The van der Waals surface area contributed by atoms with E-state index in [1.807, 2.05) is 66.7 Å². The molecular formula is C22H22N6O2. The number of amides is 4. The van der Waals surface area contributed by atoms with Crippen LogP contribution in [0.1, 0.15) is 5.56 Å². The summed E-state index contributed by atoms with van der Waals surface area (Å²) in [5.74, 6) is 0. The van der Waals surface area contributed by atoms with Crippen LogP contribution in [0, 0.1) is 0 Å². The number of nitrogens with one attached hydrogen (secondary N) is 5. The topological polar surface area (TPSA) is 107 Å². The van der Waals surface area contributed by atoms with Gasteiger partial charge < -0.3 is 10.6 Å². The van der Waals surface area contributed by atoms with Gasteiger partial charge in [-0.25, -0.2) is 20.4 Å². The van der Waals surface area contributed by atoms with Crippen LogP contribution in [-0.2, 0) is 0 Å². The van der Waals surface area contributed by atoms with Crippen molar-refractivity contribution in [3.63, 3.8) is 0 Å². The minimum Gasteiger partial charge on any atom is -0.307 e. The van der Waals surface area contributed by atoms with Crippen LogP contribution in [0.2, 0.25) is 0 Å². The maximum Gasteiger partial charge on any atom is 0.339 e. The number of nitrogens with zero attached hydrogens (tertiary/aromatic N) is 1. The molecule has 0 unspecified atom stereocenters. The smallest absolute Gasteiger partial charge is 0.307 e. The second-order valence-corrected chi connectivity index (χ2v) is 6.16. The van der Waals surface area contributed by atoms with Crippen LogP contribution in [-0.4, -0.2) is 24.3 Å². The van der Waals surface area contributed by atoms with Crippen molar-refractivity contribution in [3.8, 4) is 0 Å². The molecule has 0 heterocycles. The molecule has 8 nitrogen and oxygen atoms in total. The number of hydrazone groups is 1. The van der Waals surface area contributed by atoms with Gasteiger partial charge in [-0.3, -0.25) is 5.43 Å². The minimum atomic E-state index is -0.468. The lowest BCUT2D eigenvalue weighted by Gasteiger charge is -2.11. The van der Waals surface area contributed by atoms with E-state index in [0.29, 0.717) is 17.1 Å². The first kappa shape index (κ1) is 20.6. The van der Waals surface area contributed by atoms with E-state index in [2.05, 4.69) is 32.0 Å². The Kier molecular flexibility index (Phi) is 7.53. The normalized spacial score (nSPS) is 10.7. The molecule has 3 rings (SSSR count). The summed E-state index contributed by atoms with van der Waals surface area (Å²) in [6.07, 6.45) is 0. The van der Waals surface area contributed by atoms with Gasteiger partial charge in [0.25, 0.3) is 0 Å². The average Bonchev–Trinajstić information content (AvgIpc) is 2.78. The number of hydrogen-bond donors (Lipinski definition) is 5. The van der Waals surface area contributed by atoms with Crippen molar-refractivity contribution in [3.05, 3.63) is 96.6 Å². The van der Waals surface area contributed by atoms with Gasteiger partial charge in [0.1, 0.15) is 0 Å². The van der Waals surface area contributed by atoms with E-state index in [9.17, 15) is 9.59 Å². The number of carbonyl (C=O) groups is 2. The summed E-state index contributed by atoms with van der Waals surface area (Å²) >= 11 is 0. The maximum absolute atomic E-state index is 12.1. The van der Waals surface area contributed by atoms with Crippen LogP contribution >= 0.6 is 0 Å². The highest BCUT2D eigenvalue weighted by Gasteiger charge is 2.07. The Morgan fingerprint density at radius 3 is 1.73 bits per heavy atom. The van der Waals surface area contributed by atoms with Gasteiger partial charge in [-0.05, 0) is 29.8 Å². The van der Waals surface area contributed by atoms with Gasteiger partial charge in [-0.1, -0.05) is 66.7 Å². The molecule has 0 saturated carbocycles. The van der Waals surface area contributed by atoms with Crippen LogP contribution < -0.4 is 26.9 Å². The third-order valence-electron chi connectivity index (χ3n) is 3.92. The number of anilines is 2. The third kappa shape index (κ3) is 6.77. The predicted molar refractivity (Wildman–Crippen MR) is 118 cm³/mol. The average molecular weight is 402 g/mol. The number of benzene rings is 3. The summed E-state index contributed by atoms with van der Waals surface area (Å²) in [4.78, 5) is 24.1. The Morgan fingerprint density at radius 1 is 0.667 bits per heavy atom. The van der Waals surface area contributed by atoms with Gasteiger partial charge in [-0.15, -0.1) is 0 Å². The first-order valence-electron chi connectivity index (χ1n) is 9.29. The Labute approximate surface area is 174 Å². The molecule has 0 saturated heterocycles. The van der Waals surface area contributed by atoms with E-state index in [0.717, 1.165) is 5.56 Å². The van der Waals surface area contributed by atoms with Crippen molar-refractivity contribution in [1.29, 1.82) is 0 Å². The van der Waals surface area contributed by atoms with Crippen molar-refractivity contribution in [2.45, 2.75) is 0 Å². The Morgan fingerprint density at radius 2 is 1.17 bits per heavy atom. The second kappa shape index (κ2) is 11.0. The quantitative estimate of drug-likeness (QED) is 0.308. The number of carbonyl (C=O) groups excluding carboxylic acids is 2. The lowest BCUT2D eigenvalue weighted by Crippen LogP contribution is -2.43. The molecule has 152 valence electrons. The fourth-order valence-corrected chi connectivity index (χ4v) is 2.53. The third-order valence-corrected chi connectivity index (χ3v) is 3.92. The predicted octanol–water partition coefficient (Wildman–Crippen LogP) is 3.54. The maximum atomic E-state index is 12.1. The zero-order chi connectivity index (χ0) is 21.0. The van der Waals surface area contributed by atoms with Crippen molar-refractivity contribution in [2.24, 2.45) is 5.10 Å². The van der Waals surface area contributed by atoms with Crippen molar-refractivity contribution >= 4 is 29.1 Å². The molecule has 3 aromatic carbocycles. The molecule has 8 heteroatoms. The van der Waals surface area contributed by atoms with Gasteiger partial charge in [0.15, 0.2) is 0 Å². The van der Waals surface area contributed by atoms with Crippen molar-refractivity contribution in [1.82, 2.24) is 16.3 Å². The van der Waals surface area contributed by atoms with E-state index in [4.69, 9.17) is 0 Å². The second-order valence-electron chi connectivity index (χ2n) is 6.16. The summed E-state index contributed by atoms with van der Waals surface area (Å²) < 4.78 is 0. The Balaban J connectivity index is 1.56. The molecule has 4 amide bonds. The molecule has 0 aromatic heterocycles. The zero-order valence-electron chi connectivity index (χ0n) is 16.1. The lowest BCUT2D eigenvalue weighted by molar-refractivity contribution is 0.248. The van der Waals surface area contributed by atoms with Crippen molar-refractivity contribution < 1.29 is 9.59 Å². The molecule has 0 radical (unpaired) electrons. The number of para-hydroxylation sites is 2. The van der Waals surface area contributed by atoms with Crippen LogP contribution in [0.4, 0.5) is 21.0 Å². The number of hydrogen-bond acceptors (Lipinski definition) is 4. The zero-order valence-corrected chi connectivity index (χ0v) is 16.1. The van der Waals surface area contributed by atoms with Crippen LogP contribution in [0.3, 0.4) is 0 Å². The number of urea groups is 2. The van der Waals surface area contributed by atoms with Crippen LogP contribution in [0.15, 0.2) is 96.1 Å². The molecule has 30 heavy (non-hydrogen) atoms. The monoisotopic (exact) mass is 402 g/mol. The molecule has 5 N–H and O–H groups in total. The van der Waals surface area contributed by atoms with Gasteiger partial charge in [-0.2, -0.15) is 5.10 Å². The van der Waals surface area contributed by atoms with Gasteiger partial charge in [0.2, 0.25) is 0 Å². The highest BCUT2D eigenvalue weighted by atomic mass is 16.2. The van der Waals surface area contributed by atoms with E-state index in [1.165, 1.54) is 0 Å². The van der Waals surface area contributed by atoms with E-state index >= 15 is 0 Å². The summed E-state index contributed by atoms with van der Waals surface area (Å²) in [6, 6.07) is 26.6. The fraction of sp³-hybridized carbons (Fsp3) is 0.0455. The van der Waals surface area contributed by atoms with Gasteiger partial charge in [0.05, 0.1) is 12.3 Å². The largest absolute Gasteiger partial charge is 0.339 e. The summed E-state index contributed by atoms with van der Waals surface area (Å²) in [5, 5.41) is 9.59. The Bertz CT molecular complexity index is 978. The van der Waals surface area contributed by atoms with E-state index < -0.39 is 12.1 Å². The molecule has 0 aliphatic heterocycles. The standard InChI is InChI=1S/C22H22N6O2/c29-21(24-18-12-6-2-7-13-18)27-23-16-20(17-10-4-1-5-11-17)26-28-22(30)25-19-14-8-3-9-15-19/h1-15,23H,16H2,(H2,24,27,29)(H2,25,28,30)/b26-20+. The van der Waals surface area contributed by atoms with E-state index in [-0.39, 0.29) is 6.54 Å². The van der Waals surface area contributed by atoms with Crippen molar-refractivity contribution in [2.75, 3.05) is 17.2 Å². The molecule has 0 aliphatic carbocycles. The highest BCUT2D eigenvalue weighted by molar-refractivity contribution is 6.03. The minimum absolute atomic E-state index is 0.192. The van der Waals surface area contributed by atoms with Gasteiger partial charge >= 0.3 is 12.1 Å². The summed E-state index contributed by atoms with van der Waals surface area (Å²) in [6.45, 7) is 0.192. The van der Waals surface area contributed by atoms with E-state index in [1.54, 1.807) is 24.3 Å². The molecule has 0 fully saturated rings. The first-order valence-corrected chi connectivity index (χ1v) is 9.29. The molecule has 3 aromatic rings. The van der Waals surface area contributed by atoms with Crippen LogP contribution in [0.25, 0.3) is 0 Å². The molecule has 0 atom stereocenters. The number of rotatable bonds is 7. The first-order chi connectivity index (χ1) is 14.7. The highest BCUT2D eigenvalue weighted by Crippen LogP contribution is 2.05. The summed E-state index contributed by atoms with van der Waals surface area (Å²) in [7, 11) is 0. The lowest BCUT2D eigenvalue weighted by atomic mass is 10.1. The molecule has 0 bridgehead atoms. The molecule has 0 aliphatic rings. The molecule has 0 spiro atoms. The fourth-order valence-electron chi connectivity index (χ4n) is 2.53. The Hall–Kier alpha value is -4.17. The van der Waals surface area contributed by atoms with Crippen LogP contribution in [0.5, 0.6) is 0 Å². The SMILES string of the molecule is O=C(N/N=C(\CNNC(=O)Nc1ccccc1)c1ccccc1)Nc1ccccc1. The number of hydrazine groups is 1. The summed E-state index contributed by atoms with van der Waals surface area (Å²) in [5.41, 5.74) is 10.5. The molecular weight excluding hydrogens is 380 g/mol. The van der Waals surface area contributed by atoms with Gasteiger partial charge in [0, 0.05) is 11.4 Å².